The second kappa shape index (κ2) is 4.53. The number of hydrogen-bond acceptors (Lipinski definition) is 4. The van der Waals surface area contributed by atoms with Crippen LogP contribution in [0.1, 0.15) is 25.2 Å². The molecular formula is C12H17N5. The van der Waals surface area contributed by atoms with Gasteiger partial charge in [-0.05, 0) is 12.8 Å². The lowest BCUT2D eigenvalue weighted by atomic mass is 10.2. The molecule has 0 unspecified atom stereocenters. The van der Waals surface area contributed by atoms with Crippen LogP contribution >= 0.6 is 0 Å². The summed E-state index contributed by atoms with van der Waals surface area (Å²) in [6, 6.07) is 1.81. The molecule has 0 spiro atoms. The molecule has 5 nitrogen and oxygen atoms in total. The van der Waals surface area contributed by atoms with Crippen molar-refractivity contribution in [1.29, 1.82) is 0 Å². The van der Waals surface area contributed by atoms with Crippen LogP contribution in [0.2, 0.25) is 0 Å². The van der Waals surface area contributed by atoms with Crippen molar-refractivity contribution in [3.05, 3.63) is 23.7 Å². The number of aryl methyl sites for hydroxylation is 3. The van der Waals surface area contributed by atoms with E-state index < -0.39 is 0 Å². The van der Waals surface area contributed by atoms with Crippen molar-refractivity contribution < 1.29 is 0 Å². The van der Waals surface area contributed by atoms with Crippen molar-refractivity contribution in [1.82, 2.24) is 19.7 Å². The number of aromatic nitrogens is 4. The number of nitrogens with zero attached hydrogens (tertiary/aromatic N) is 4. The van der Waals surface area contributed by atoms with E-state index in [4.69, 9.17) is 5.73 Å². The molecule has 0 aliphatic rings. The first kappa shape index (κ1) is 11.6. The second-order valence-electron chi connectivity index (χ2n) is 3.98. The third kappa shape index (κ3) is 2.27. The minimum Gasteiger partial charge on any atom is -0.384 e. The van der Waals surface area contributed by atoms with Crippen LogP contribution in [0.5, 0.6) is 0 Å². The average Bonchev–Trinajstić information content (AvgIpc) is 2.69. The van der Waals surface area contributed by atoms with E-state index in [1.165, 1.54) is 0 Å². The fourth-order valence-electron chi connectivity index (χ4n) is 1.80. The summed E-state index contributed by atoms with van der Waals surface area (Å²) in [6.07, 6.45) is 3.64. The van der Waals surface area contributed by atoms with Crippen LogP contribution < -0.4 is 5.73 Å². The smallest absolute Gasteiger partial charge is 0.165 e. The molecule has 2 N–H and O–H groups in total. The number of nitrogen functional groups attached to an aromatic ring is 1. The predicted molar refractivity (Wildman–Crippen MR) is 67.4 cm³/mol. The maximum atomic E-state index is 5.79. The summed E-state index contributed by atoms with van der Waals surface area (Å²) in [7, 11) is 1.90. The zero-order chi connectivity index (χ0) is 12.4. The molecule has 0 radical (unpaired) electrons. The Morgan fingerprint density at radius 3 is 2.65 bits per heavy atom. The van der Waals surface area contributed by atoms with Crippen molar-refractivity contribution >= 4 is 5.82 Å². The monoisotopic (exact) mass is 231 g/mol. The van der Waals surface area contributed by atoms with Crippen LogP contribution in [0, 0.1) is 0 Å². The van der Waals surface area contributed by atoms with E-state index in [9.17, 15) is 0 Å². The van der Waals surface area contributed by atoms with Gasteiger partial charge in [-0.1, -0.05) is 13.8 Å². The van der Waals surface area contributed by atoms with E-state index in [1.807, 2.05) is 19.3 Å². The minimum absolute atomic E-state index is 0.512. The van der Waals surface area contributed by atoms with Gasteiger partial charge in [0.15, 0.2) is 5.82 Å². The van der Waals surface area contributed by atoms with Gasteiger partial charge in [-0.3, -0.25) is 4.68 Å². The quantitative estimate of drug-likeness (QED) is 0.870. The number of hydrogen-bond donors (Lipinski definition) is 1. The van der Waals surface area contributed by atoms with E-state index in [-0.39, 0.29) is 0 Å². The highest BCUT2D eigenvalue weighted by atomic mass is 15.3. The Kier molecular flexibility index (Phi) is 3.08. The highest BCUT2D eigenvalue weighted by Crippen LogP contribution is 2.21. The Labute approximate surface area is 101 Å². The highest BCUT2D eigenvalue weighted by Gasteiger charge is 2.12. The fraction of sp³-hybridized carbons (Fsp3) is 0.417. The number of anilines is 1. The fourth-order valence-corrected chi connectivity index (χ4v) is 1.80. The van der Waals surface area contributed by atoms with Crippen LogP contribution in [-0.2, 0) is 19.9 Å². The lowest BCUT2D eigenvalue weighted by molar-refractivity contribution is 0.746. The van der Waals surface area contributed by atoms with Crippen LogP contribution in [0.15, 0.2) is 12.3 Å². The van der Waals surface area contributed by atoms with E-state index in [0.717, 1.165) is 29.8 Å². The molecule has 2 aromatic rings. The Hall–Kier alpha value is -1.91. The first-order valence-electron chi connectivity index (χ1n) is 5.80. The molecule has 0 bridgehead atoms. The molecule has 5 heteroatoms. The molecule has 17 heavy (non-hydrogen) atoms. The molecular weight excluding hydrogens is 214 g/mol. The van der Waals surface area contributed by atoms with Crippen LogP contribution in [0.25, 0.3) is 11.4 Å². The van der Waals surface area contributed by atoms with Crippen molar-refractivity contribution in [3.8, 4) is 11.4 Å². The third-order valence-corrected chi connectivity index (χ3v) is 2.64. The summed E-state index contributed by atoms with van der Waals surface area (Å²) < 4.78 is 1.78. The highest BCUT2D eigenvalue weighted by molar-refractivity contribution is 5.59. The molecule has 2 rings (SSSR count). The molecule has 0 fully saturated rings. The molecule has 2 heterocycles. The van der Waals surface area contributed by atoms with Crippen LogP contribution in [-0.4, -0.2) is 19.7 Å². The Balaban J connectivity index is 2.55. The molecule has 0 aromatic carbocycles. The Bertz CT molecular complexity index is 530. The van der Waals surface area contributed by atoms with Crippen LogP contribution in [0.3, 0.4) is 0 Å². The molecule has 0 saturated heterocycles. The lowest BCUT2D eigenvalue weighted by Crippen LogP contribution is -2.00. The number of rotatable bonds is 3. The van der Waals surface area contributed by atoms with Gasteiger partial charge in [0.2, 0.25) is 0 Å². The summed E-state index contributed by atoms with van der Waals surface area (Å²) in [6.45, 7) is 4.12. The SMILES string of the molecule is CCc1cc(N)nc(-c2cn(C)nc2CC)n1. The summed E-state index contributed by atoms with van der Waals surface area (Å²) in [4.78, 5) is 8.79. The maximum absolute atomic E-state index is 5.79. The normalized spacial score (nSPS) is 10.8. The zero-order valence-corrected chi connectivity index (χ0v) is 10.4. The maximum Gasteiger partial charge on any atom is 0.165 e. The minimum atomic E-state index is 0.512. The van der Waals surface area contributed by atoms with Crippen molar-refractivity contribution in [2.24, 2.45) is 7.05 Å². The summed E-state index contributed by atoms with van der Waals surface area (Å²) in [5.74, 6) is 1.18. The van der Waals surface area contributed by atoms with Crippen LogP contribution in [0.4, 0.5) is 5.82 Å². The molecule has 0 aliphatic heterocycles. The van der Waals surface area contributed by atoms with Crippen molar-refractivity contribution in [3.63, 3.8) is 0 Å². The van der Waals surface area contributed by atoms with Gasteiger partial charge in [-0.15, -0.1) is 0 Å². The largest absolute Gasteiger partial charge is 0.384 e. The van der Waals surface area contributed by atoms with Gasteiger partial charge in [0.25, 0.3) is 0 Å². The molecule has 0 saturated carbocycles. The standard InChI is InChI=1S/C12H17N5/c1-4-8-6-11(13)15-12(14-8)9-7-17(3)16-10(9)5-2/h6-7H,4-5H2,1-3H3,(H2,13,14,15). The van der Waals surface area contributed by atoms with E-state index in [1.54, 1.807) is 4.68 Å². The molecule has 0 amide bonds. The van der Waals surface area contributed by atoms with E-state index >= 15 is 0 Å². The second-order valence-corrected chi connectivity index (χ2v) is 3.98. The molecule has 0 atom stereocenters. The van der Waals surface area contributed by atoms with Gasteiger partial charge >= 0.3 is 0 Å². The van der Waals surface area contributed by atoms with Gasteiger partial charge < -0.3 is 5.73 Å². The Morgan fingerprint density at radius 2 is 2.00 bits per heavy atom. The first-order valence-corrected chi connectivity index (χ1v) is 5.80. The van der Waals surface area contributed by atoms with Gasteiger partial charge in [0, 0.05) is 25.0 Å². The third-order valence-electron chi connectivity index (χ3n) is 2.64. The van der Waals surface area contributed by atoms with Gasteiger partial charge in [0.1, 0.15) is 5.82 Å². The molecule has 2 aromatic heterocycles. The topological polar surface area (TPSA) is 69.6 Å². The summed E-state index contributed by atoms with van der Waals surface area (Å²) >= 11 is 0. The first-order chi connectivity index (χ1) is 8.13. The summed E-state index contributed by atoms with van der Waals surface area (Å²) in [5.41, 5.74) is 8.72. The molecule has 0 aliphatic carbocycles. The van der Waals surface area contributed by atoms with Crippen molar-refractivity contribution in [2.75, 3.05) is 5.73 Å². The molecule has 90 valence electrons. The predicted octanol–water partition coefficient (Wildman–Crippen LogP) is 1.58. The lowest BCUT2D eigenvalue weighted by Gasteiger charge is -2.03. The summed E-state index contributed by atoms with van der Waals surface area (Å²) in [5, 5.41) is 4.39. The van der Waals surface area contributed by atoms with Crippen molar-refractivity contribution in [2.45, 2.75) is 26.7 Å². The van der Waals surface area contributed by atoms with Gasteiger partial charge in [0.05, 0.1) is 11.3 Å². The zero-order valence-electron chi connectivity index (χ0n) is 10.4. The number of nitrogens with two attached hydrogens (primary N) is 1. The van der Waals surface area contributed by atoms with Gasteiger partial charge in [-0.2, -0.15) is 5.10 Å². The Morgan fingerprint density at radius 1 is 1.24 bits per heavy atom. The average molecular weight is 231 g/mol. The van der Waals surface area contributed by atoms with E-state index in [2.05, 4.69) is 28.9 Å². The van der Waals surface area contributed by atoms with E-state index in [0.29, 0.717) is 11.6 Å². The van der Waals surface area contributed by atoms with Gasteiger partial charge in [-0.25, -0.2) is 9.97 Å².